The molecule has 0 unspecified atom stereocenters. The summed E-state index contributed by atoms with van der Waals surface area (Å²) in [6, 6.07) is 9.90. The summed E-state index contributed by atoms with van der Waals surface area (Å²) in [6.07, 6.45) is -0.0813. The Morgan fingerprint density at radius 2 is 2.25 bits per heavy atom. The van der Waals surface area contributed by atoms with E-state index in [9.17, 15) is 4.79 Å². The molecule has 1 aromatic heterocycles. The van der Waals surface area contributed by atoms with E-state index in [1.807, 2.05) is 29.6 Å². The van der Waals surface area contributed by atoms with Crippen LogP contribution in [0.1, 0.15) is 12.0 Å². The van der Waals surface area contributed by atoms with Crippen molar-refractivity contribution in [2.45, 2.75) is 13.0 Å². The van der Waals surface area contributed by atoms with Gasteiger partial charge in [0.25, 0.3) is 0 Å². The zero-order valence-electron chi connectivity index (χ0n) is 8.56. The van der Waals surface area contributed by atoms with E-state index in [4.69, 9.17) is 5.26 Å². The monoisotopic (exact) mass is 230 g/mol. The van der Waals surface area contributed by atoms with Crippen LogP contribution in [-0.2, 0) is 11.3 Å². The Morgan fingerprint density at radius 1 is 1.44 bits per heavy atom. The summed E-state index contributed by atoms with van der Waals surface area (Å²) in [4.78, 5) is 11.1. The van der Waals surface area contributed by atoms with Gasteiger partial charge in [0.05, 0.1) is 6.07 Å². The van der Waals surface area contributed by atoms with Crippen LogP contribution >= 0.6 is 11.3 Å². The molecule has 0 atom stereocenters. The smallest absolute Gasteiger partial charge is 0.234 e. The van der Waals surface area contributed by atoms with Gasteiger partial charge < -0.3 is 5.32 Å². The molecule has 0 fully saturated rings. The molecule has 0 saturated carbocycles. The number of nitrogens with one attached hydrogen (secondary N) is 1. The quantitative estimate of drug-likeness (QED) is 0.880. The van der Waals surface area contributed by atoms with Crippen molar-refractivity contribution < 1.29 is 4.79 Å². The van der Waals surface area contributed by atoms with Crippen LogP contribution in [0.3, 0.4) is 0 Å². The Labute approximate surface area is 97.3 Å². The van der Waals surface area contributed by atoms with Crippen LogP contribution in [0, 0.1) is 11.3 Å². The highest BCUT2D eigenvalue weighted by molar-refractivity contribution is 7.17. The van der Waals surface area contributed by atoms with Crippen molar-refractivity contribution in [1.82, 2.24) is 5.32 Å². The van der Waals surface area contributed by atoms with Gasteiger partial charge in [-0.05, 0) is 22.4 Å². The highest BCUT2D eigenvalue weighted by atomic mass is 32.1. The molecule has 80 valence electrons. The predicted octanol–water partition coefficient (Wildman–Crippen LogP) is 2.43. The van der Waals surface area contributed by atoms with Crippen molar-refractivity contribution in [3.05, 3.63) is 35.2 Å². The van der Waals surface area contributed by atoms with Crippen LogP contribution in [0.4, 0.5) is 0 Å². The molecule has 1 heterocycles. The number of nitriles is 1. The summed E-state index contributed by atoms with van der Waals surface area (Å²) in [7, 11) is 0. The topological polar surface area (TPSA) is 52.9 Å². The maximum absolute atomic E-state index is 11.1. The van der Waals surface area contributed by atoms with E-state index >= 15 is 0 Å². The molecule has 1 aromatic carbocycles. The van der Waals surface area contributed by atoms with E-state index < -0.39 is 0 Å². The van der Waals surface area contributed by atoms with Crippen molar-refractivity contribution in [3.8, 4) is 6.07 Å². The van der Waals surface area contributed by atoms with Crippen LogP contribution in [-0.4, -0.2) is 5.91 Å². The standard InChI is InChI=1S/C12H10N2OS/c13-6-5-12(15)14-7-9-8-16-11-4-2-1-3-10(9)11/h1-4,8H,5,7H2,(H,14,15). The SMILES string of the molecule is N#CCC(=O)NCc1csc2ccccc12. The highest BCUT2D eigenvalue weighted by Gasteiger charge is 2.04. The van der Waals surface area contributed by atoms with Crippen LogP contribution in [0.25, 0.3) is 10.1 Å². The van der Waals surface area contributed by atoms with Gasteiger partial charge in [0.15, 0.2) is 0 Å². The van der Waals surface area contributed by atoms with E-state index in [1.165, 1.54) is 10.1 Å². The van der Waals surface area contributed by atoms with Crippen molar-refractivity contribution in [3.63, 3.8) is 0 Å². The maximum Gasteiger partial charge on any atom is 0.234 e. The molecule has 0 bridgehead atoms. The fourth-order valence-corrected chi connectivity index (χ4v) is 2.46. The molecule has 2 rings (SSSR count). The molecule has 1 N–H and O–H groups in total. The summed E-state index contributed by atoms with van der Waals surface area (Å²) in [5.41, 5.74) is 1.10. The number of rotatable bonds is 3. The molecule has 2 aromatic rings. The lowest BCUT2D eigenvalue weighted by molar-refractivity contribution is -0.120. The fraction of sp³-hybridized carbons (Fsp3) is 0.167. The summed E-state index contributed by atoms with van der Waals surface area (Å²) in [6.45, 7) is 0.491. The normalized spacial score (nSPS) is 9.94. The van der Waals surface area contributed by atoms with E-state index in [0.29, 0.717) is 6.54 Å². The van der Waals surface area contributed by atoms with Crippen LogP contribution in [0.15, 0.2) is 29.6 Å². The minimum absolute atomic E-state index is 0.0813. The van der Waals surface area contributed by atoms with Gasteiger partial charge in [0.2, 0.25) is 5.91 Å². The first-order chi connectivity index (χ1) is 7.81. The number of benzene rings is 1. The Morgan fingerprint density at radius 3 is 3.06 bits per heavy atom. The molecule has 1 amide bonds. The average Bonchev–Trinajstić information content (AvgIpc) is 2.70. The zero-order chi connectivity index (χ0) is 11.4. The van der Waals surface area contributed by atoms with Crippen molar-refractivity contribution in [2.24, 2.45) is 0 Å². The third-order valence-corrected chi connectivity index (χ3v) is 3.29. The molecular weight excluding hydrogens is 220 g/mol. The van der Waals surface area contributed by atoms with Gasteiger partial charge in [-0.15, -0.1) is 11.3 Å². The maximum atomic E-state index is 11.1. The van der Waals surface area contributed by atoms with Gasteiger partial charge in [-0.2, -0.15) is 5.26 Å². The van der Waals surface area contributed by atoms with Gasteiger partial charge in [0, 0.05) is 11.2 Å². The summed E-state index contributed by atoms with van der Waals surface area (Å²) < 4.78 is 1.21. The second-order valence-corrected chi connectivity index (χ2v) is 4.28. The molecule has 3 nitrogen and oxygen atoms in total. The summed E-state index contributed by atoms with van der Waals surface area (Å²) in [5, 5.41) is 14.3. The van der Waals surface area contributed by atoms with E-state index in [2.05, 4.69) is 11.4 Å². The largest absolute Gasteiger partial charge is 0.351 e. The predicted molar refractivity (Wildman–Crippen MR) is 63.9 cm³/mol. The molecule has 0 aliphatic carbocycles. The van der Waals surface area contributed by atoms with Crippen molar-refractivity contribution in [1.29, 1.82) is 5.26 Å². The van der Waals surface area contributed by atoms with Gasteiger partial charge >= 0.3 is 0 Å². The second kappa shape index (κ2) is 4.77. The Kier molecular flexibility index (Phi) is 3.18. The minimum Gasteiger partial charge on any atom is -0.351 e. The number of carbonyl (C=O) groups excluding carboxylic acids is 1. The number of thiophene rings is 1. The Balaban J connectivity index is 2.11. The summed E-state index contributed by atoms with van der Waals surface area (Å²) >= 11 is 1.66. The van der Waals surface area contributed by atoms with Crippen molar-refractivity contribution >= 4 is 27.3 Å². The Bertz CT molecular complexity index is 553. The van der Waals surface area contributed by atoms with Gasteiger partial charge in [-0.3, -0.25) is 4.79 Å². The molecule has 16 heavy (non-hydrogen) atoms. The van der Waals surface area contributed by atoms with E-state index in [1.54, 1.807) is 11.3 Å². The lowest BCUT2D eigenvalue weighted by Crippen LogP contribution is -2.21. The third kappa shape index (κ3) is 2.20. The summed E-state index contributed by atoms with van der Waals surface area (Å²) in [5.74, 6) is -0.224. The molecule has 0 aliphatic heterocycles. The third-order valence-electron chi connectivity index (χ3n) is 2.28. The van der Waals surface area contributed by atoms with E-state index in [-0.39, 0.29) is 12.3 Å². The van der Waals surface area contributed by atoms with Crippen molar-refractivity contribution in [2.75, 3.05) is 0 Å². The molecular formula is C12H10N2OS. The first kappa shape index (κ1) is 10.7. The lowest BCUT2D eigenvalue weighted by atomic mass is 10.2. The molecule has 4 heteroatoms. The van der Waals surface area contributed by atoms with E-state index in [0.717, 1.165) is 5.56 Å². The van der Waals surface area contributed by atoms with Gasteiger partial charge in [0.1, 0.15) is 6.42 Å². The highest BCUT2D eigenvalue weighted by Crippen LogP contribution is 2.25. The van der Waals surface area contributed by atoms with Crippen LogP contribution in [0.2, 0.25) is 0 Å². The number of hydrogen-bond acceptors (Lipinski definition) is 3. The first-order valence-electron chi connectivity index (χ1n) is 4.90. The first-order valence-corrected chi connectivity index (χ1v) is 5.78. The molecule has 0 radical (unpaired) electrons. The zero-order valence-corrected chi connectivity index (χ0v) is 9.38. The second-order valence-electron chi connectivity index (χ2n) is 3.37. The minimum atomic E-state index is -0.224. The number of fused-ring (bicyclic) bond motifs is 1. The van der Waals surface area contributed by atoms with Gasteiger partial charge in [-0.1, -0.05) is 18.2 Å². The lowest BCUT2D eigenvalue weighted by Gasteiger charge is -2.01. The molecule has 0 spiro atoms. The molecule has 0 aliphatic rings. The van der Waals surface area contributed by atoms with Crippen LogP contribution in [0.5, 0.6) is 0 Å². The fourth-order valence-electron chi connectivity index (χ4n) is 1.50. The number of hydrogen-bond donors (Lipinski definition) is 1. The molecule has 0 saturated heterocycles. The number of carbonyl (C=O) groups is 1. The van der Waals surface area contributed by atoms with Gasteiger partial charge in [-0.25, -0.2) is 0 Å². The number of nitrogens with zero attached hydrogens (tertiary/aromatic N) is 1. The average molecular weight is 230 g/mol. The van der Waals surface area contributed by atoms with Crippen LogP contribution < -0.4 is 5.32 Å². The number of amides is 1. The Hall–Kier alpha value is -1.86.